The van der Waals surface area contributed by atoms with E-state index < -0.39 is 11.6 Å². The quantitative estimate of drug-likeness (QED) is 0.853. The Labute approximate surface area is 121 Å². The van der Waals surface area contributed by atoms with Gasteiger partial charge in [-0.05, 0) is 25.0 Å². The molecule has 108 valence electrons. The van der Waals surface area contributed by atoms with E-state index in [9.17, 15) is 8.78 Å². The Morgan fingerprint density at radius 1 is 1.33 bits per heavy atom. The molecule has 1 saturated heterocycles. The second kappa shape index (κ2) is 5.17. The molecule has 0 spiro atoms. The highest BCUT2D eigenvalue weighted by molar-refractivity contribution is 5.55. The molecule has 6 heteroatoms. The Bertz CT molecular complexity index is 694. The van der Waals surface area contributed by atoms with Crippen LogP contribution < -0.4 is 4.90 Å². The molecule has 0 radical (unpaired) electrons. The van der Waals surface area contributed by atoms with E-state index in [1.165, 1.54) is 0 Å². The SMILES string of the molecule is Cn1cc(C2CCCN2c2c(F)cc(C#N)cc2F)cn1. The maximum absolute atomic E-state index is 14.2. The van der Waals surface area contributed by atoms with Crippen LogP contribution in [0.25, 0.3) is 0 Å². The second-order valence-corrected chi connectivity index (χ2v) is 5.20. The van der Waals surface area contributed by atoms with Crippen LogP contribution >= 0.6 is 0 Å². The molecule has 1 unspecified atom stereocenters. The van der Waals surface area contributed by atoms with Gasteiger partial charge in [-0.15, -0.1) is 0 Å². The molecular formula is C15H14F2N4. The molecule has 0 saturated carbocycles. The molecule has 1 aliphatic heterocycles. The molecule has 0 bridgehead atoms. The molecule has 0 aliphatic carbocycles. The summed E-state index contributed by atoms with van der Waals surface area (Å²) in [6.07, 6.45) is 5.27. The zero-order chi connectivity index (χ0) is 15.0. The standard InChI is InChI=1S/C15H14F2N4/c1-20-9-11(8-19-20)14-3-2-4-21(14)15-12(16)5-10(7-18)6-13(15)17/h5-6,8-9,14H,2-4H2,1H3. The van der Waals surface area contributed by atoms with Crippen molar-refractivity contribution in [1.29, 1.82) is 5.26 Å². The van der Waals surface area contributed by atoms with Crippen molar-refractivity contribution in [2.75, 3.05) is 11.4 Å². The van der Waals surface area contributed by atoms with E-state index in [-0.39, 0.29) is 17.3 Å². The number of hydrogen-bond donors (Lipinski definition) is 0. The summed E-state index contributed by atoms with van der Waals surface area (Å²) in [7, 11) is 1.81. The fourth-order valence-electron chi connectivity index (χ4n) is 2.90. The van der Waals surface area contributed by atoms with Crippen molar-refractivity contribution >= 4 is 5.69 Å². The molecule has 4 nitrogen and oxygen atoms in total. The second-order valence-electron chi connectivity index (χ2n) is 5.20. The minimum atomic E-state index is -0.692. The molecule has 2 heterocycles. The van der Waals surface area contributed by atoms with Gasteiger partial charge in [-0.25, -0.2) is 8.78 Å². The van der Waals surface area contributed by atoms with Gasteiger partial charge in [0.2, 0.25) is 0 Å². The highest BCUT2D eigenvalue weighted by Crippen LogP contribution is 2.38. The summed E-state index contributed by atoms with van der Waals surface area (Å²) < 4.78 is 30.1. The van der Waals surface area contributed by atoms with E-state index in [0.29, 0.717) is 6.54 Å². The van der Waals surface area contributed by atoms with Crippen LogP contribution in [0.3, 0.4) is 0 Å². The lowest BCUT2D eigenvalue weighted by Crippen LogP contribution is -2.24. The largest absolute Gasteiger partial charge is 0.360 e. The molecular weight excluding hydrogens is 274 g/mol. The lowest BCUT2D eigenvalue weighted by molar-refractivity contribution is 0.565. The third-order valence-corrected chi connectivity index (χ3v) is 3.80. The van der Waals surface area contributed by atoms with Gasteiger partial charge < -0.3 is 4.90 Å². The molecule has 1 fully saturated rings. The van der Waals surface area contributed by atoms with Crippen molar-refractivity contribution in [2.24, 2.45) is 7.05 Å². The molecule has 1 atom stereocenters. The van der Waals surface area contributed by atoms with Crippen molar-refractivity contribution in [1.82, 2.24) is 9.78 Å². The fourth-order valence-corrected chi connectivity index (χ4v) is 2.90. The number of anilines is 1. The van der Waals surface area contributed by atoms with Crippen LogP contribution in [0.15, 0.2) is 24.5 Å². The molecule has 1 aliphatic rings. The zero-order valence-electron chi connectivity index (χ0n) is 11.6. The summed E-state index contributed by atoms with van der Waals surface area (Å²) in [6.45, 7) is 0.583. The van der Waals surface area contributed by atoms with Crippen LogP contribution in [0, 0.1) is 23.0 Å². The van der Waals surface area contributed by atoms with E-state index in [0.717, 1.165) is 30.5 Å². The molecule has 21 heavy (non-hydrogen) atoms. The lowest BCUT2D eigenvalue weighted by atomic mass is 10.1. The first-order valence-corrected chi connectivity index (χ1v) is 6.74. The van der Waals surface area contributed by atoms with Gasteiger partial charge in [0.15, 0.2) is 11.6 Å². The van der Waals surface area contributed by atoms with Gasteiger partial charge in [0.05, 0.1) is 23.9 Å². The maximum Gasteiger partial charge on any atom is 0.150 e. The number of rotatable bonds is 2. The van der Waals surface area contributed by atoms with E-state index in [2.05, 4.69) is 5.10 Å². The smallest absolute Gasteiger partial charge is 0.150 e. The summed E-state index contributed by atoms with van der Waals surface area (Å²) in [6, 6.07) is 3.83. The van der Waals surface area contributed by atoms with Gasteiger partial charge in [-0.1, -0.05) is 0 Å². The zero-order valence-corrected chi connectivity index (χ0v) is 11.6. The summed E-state index contributed by atoms with van der Waals surface area (Å²) >= 11 is 0. The number of hydrogen-bond acceptors (Lipinski definition) is 3. The van der Waals surface area contributed by atoms with Crippen LogP contribution in [-0.2, 0) is 7.05 Å². The number of aryl methyl sites for hydroxylation is 1. The highest BCUT2D eigenvalue weighted by Gasteiger charge is 2.31. The molecule has 3 rings (SSSR count). The first kappa shape index (κ1) is 13.6. The van der Waals surface area contributed by atoms with Gasteiger partial charge >= 0.3 is 0 Å². The van der Waals surface area contributed by atoms with Crippen molar-refractivity contribution in [3.63, 3.8) is 0 Å². The summed E-state index contributed by atoms with van der Waals surface area (Å²) in [5.74, 6) is -1.38. The molecule has 2 aromatic rings. The number of benzene rings is 1. The highest BCUT2D eigenvalue weighted by atomic mass is 19.1. The van der Waals surface area contributed by atoms with E-state index in [1.54, 1.807) is 21.8 Å². The Morgan fingerprint density at radius 3 is 2.62 bits per heavy atom. The van der Waals surface area contributed by atoms with Crippen LogP contribution in [0.2, 0.25) is 0 Å². The van der Waals surface area contributed by atoms with Gasteiger partial charge in [0.25, 0.3) is 0 Å². The van der Waals surface area contributed by atoms with E-state index in [1.807, 2.05) is 13.2 Å². The van der Waals surface area contributed by atoms with Crippen LogP contribution in [0.4, 0.5) is 14.5 Å². The Morgan fingerprint density at radius 2 is 2.05 bits per heavy atom. The van der Waals surface area contributed by atoms with Crippen molar-refractivity contribution < 1.29 is 8.78 Å². The normalized spacial score (nSPS) is 18.0. The third kappa shape index (κ3) is 2.35. The predicted molar refractivity (Wildman–Crippen MR) is 73.6 cm³/mol. The Hall–Kier alpha value is -2.42. The van der Waals surface area contributed by atoms with Gasteiger partial charge in [0, 0.05) is 25.4 Å². The maximum atomic E-state index is 14.2. The third-order valence-electron chi connectivity index (χ3n) is 3.80. The number of nitriles is 1. The monoisotopic (exact) mass is 288 g/mol. The van der Waals surface area contributed by atoms with Crippen molar-refractivity contribution in [2.45, 2.75) is 18.9 Å². The molecule has 1 aromatic carbocycles. The van der Waals surface area contributed by atoms with Crippen LogP contribution in [-0.4, -0.2) is 16.3 Å². The van der Waals surface area contributed by atoms with E-state index >= 15 is 0 Å². The topological polar surface area (TPSA) is 44.9 Å². The number of nitrogens with zero attached hydrogens (tertiary/aromatic N) is 4. The first-order chi connectivity index (χ1) is 10.1. The van der Waals surface area contributed by atoms with Gasteiger partial charge in [0.1, 0.15) is 5.69 Å². The Kier molecular flexibility index (Phi) is 3.34. The van der Waals surface area contributed by atoms with Crippen LogP contribution in [0.5, 0.6) is 0 Å². The minimum absolute atomic E-state index is 0.00845. The summed E-state index contributed by atoms with van der Waals surface area (Å²) in [5, 5.41) is 12.9. The summed E-state index contributed by atoms with van der Waals surface area (Å²) in [5.41, 5.74) is 0.879. The molecule has 0 amide bonds. The van der Waals surface area contributed by atoms with Gasteiger partial charge in [-0.2, -0.15) is 10.4 Å². The average molecular weight is 288 g/mol. The molecule has 0 N–H and O–H groups in total. The van der Waals surface area contributed by atoms with Gasteiger partial charge in [-0.3, -0.25) is 4.68 Å². The average Bonchev–Trinajstić information content (AvgIpc) is 3.06. The van der Waals surface area contributed by atoms with E-state index in [4.69, 9.17) is 5.26 Å². The molecule has 1 aromatic heterocycles. The predicted octanol–water partition coefficient (Wildman–Crippen LogP) is 2.91. The van der Waals surface area contributed by atoms with Crippen molar-refractivity contribution in [3.8, 4) is 6.07 Å². The van der Waals surface area contributed by atoms with Crippen molar-refractivity contribution in [3.05, 3.63) is 47.3 Å². The number of halogens is 2. The first-order valence-electron chi connectivity index (χ1n) is 6.74. The Balaban J connectivity index is 2.02. The fraction of sp³-hybridized carbons (Fsp3) is 0.333. The van der Waals surface area contributed by atoms with Crippen LogP contribution in [0.1, 0.15) is 30.0 Å². The lowest BCUT2D eigenvalue weighted by Gasteiger charge is -2.27. The summed E-state index contributed by atoms with van der Waals surface area (Å²) in [4.78, 5) is 1.73. The number of aromatic nitrogens is 2. The minimum Gasteiger partial charge on any atom is -0.360 e.